The van der Waals surface area contributed by atoms with Gasteiger partial charge in [0.2, 0.25) is 0 Å². The number of nitrogens with zero attached hydrogens (tertiary/aromatic N) is 1. The van der Waals surface area contributed by atoms with E-state index in [1.807, 2.05) is 30.3 Å². The Bertz CT molecular complexity index is 1510. The minimum Gasteiger partial charge on any atom is -0.493 e. The topological polar surface area (TPSA) is 67.9 Å². The number of ether oxygens (including phenoxy) is 2. The average Bonchev–Trinajstić information content (AvgIpc) is 2.90. The minimum absolute atomic E-state index is 0.0288. The Morgan fingerprint density at radius 3 is 2.44 bits per heavy atom. The van der Waals surface area contributed by atoms with Gasteiger partial charge in [-0.15, -0.1) is 0 Å². The van der Waals surface area contributed by atoms with Crippen LogP contribution in [-0.4, -0.2) is 24.0 Å². The van der Waals surface area contributed by atoms with Crippen LogP contribution in [0.15, 0.2) is 96.6 Å². The Hall–Kier alpha value is -4.49. The van der Waals surface area contributed by atoms with Crippen LogP contribution in [0, 0.1) is 0 Å². The Balaban J connectivity index is 1.40. The summed E-state index contributed by atoms with van der Waals surface area (Å²) in [5.41, 5.74) is 2.22. The first kappa shape index (κ1) is 23.3. The maximum Gasteiger partial charge on any atom is 0.270 e. The summed E-state index contributed by atoms with van der Waals surface area (Å²) < 4.78 is 11.6. The second-order valence-electron chi connectivity index (χ2n) is 8.13. The number of carbonyl (C=O) groups is 2. The smallest absolute Gasteiger partial charge is 0.270 e. The zero-order chi connectivity index (χ0) is 25.1. The molecule has 0 unspecified atom stereocenters. The van der Waals surface area contributed by atoms with Gasteiger partial charge in [-0.1, -0.05) is 66.7 Å². The highest BCUT2D eigenvalue weighted by atomic mass is 32.1. The lowest BCUT2D eigenvalue weighted by molar-refractivity contribution is -0.122. The second-order valence-corrected chi connectivity index (χ2v) is 8.52. The van der Waals surface area contributed by atoms with Crippen LogP contribution in [0.25, 0.3) is 16.8 Å². The maximum absolute atomic E-state index is 13.2. The van der Waals surface area contributed by atoms with Crippen molar-refractivity contribution in [1.82, 2.24) is 5.32 Å². The number of methoxy groups -OCH3 is 1. The molecule has 0 aromatic heterocycles. The third kappa shape index (κ3) is 4.56. The lowest BCUT2D eigenvalue weighted by Crippen LogP contribution is -2.54. The lowest BCUT2D eigenvalue weighted by atomic mass is 10.1. The average molecular weight is 495 g/mol. The van der Waals surface area contributed by atoms with Crippen molar-refractivity contribution in [2.75, 3.05) is 12.0 Å². The molecule has 4 aromatic rings. The number of amides is 2. The molecule has 5 rings (SSSR count). The third-order valence-electron chi connectivity index (χ3n) is 5.88. The van der Waals surface area contributed by atoms with Crippen molar-refractivity contribution in [3.05, 3.63) is 108 Å². The molecule has 0 radical (unpaired) electrons. The molecule has 1 N–H and O–H groups in total. The summed E-state index contributed by atoms with van der Waals surface area (Å²) in [6.07, 6.45) is 1.52. The minimum atomic E-state index is -0.549. The predicted molar refractivity (Wildman–Crippen MR) is 144 cm³/mol. The number of anilines is 1. The Morgan fingerprint density at radius 2 is 1.64 bits per heavy atom. The van der Waals surface area contributed by atoms with Gasteiger partial charge in [-0.3, -0.25) is 19.8 Å². The van der Waals surface area contributed by atoms with Crippen molar-refractivity contribution in [1.29, 1.82) is 0 Å². The van der Waals surface area contributed by atoms with Gasteiger partial charge in [0.25, 0.3) is 11.8 Å². The predicted octanol–water partition coefficient (Wildman–Crippen LogP) is 5.26. The molecule has 1 heterocycles. The normalized spacial score (nSPS) is 14.8. The number of hydrogen-bond donors (Lipinski definition) is 1. The van der Waals surface area contributed by atoms with Gasteiger partial charge < -0.3 is 9.47 Å². The number of carbonyl (C=O) groups excluding carboxylic acids is 2. The van der Waals surface area contributed by atoms with Gasteiger partial charge >= 0.3 is 0 Å². The second kappa shape index (κ2) is 10.0. The van der Waals surface area contributed by atoms with E-state index in [0.717, 1.165) is 16.3 Å². The van der Waals surface area contributed by atoms with Crippen molar-refractivity contribution in [3.63, 3.8) is 0 Å². The summed E-state index contributed by atoms with van der Waals surface area (Å²) in [7, 11) is 1.55. The van der Waals surface area contributed by atoms with Crippen molar-refractivity contribution < 1.29 is 19.1 Å². The van der Waals surface area contributed by atoms with Crippen LogP contribution in [0.2, 0.25) is 0 Å². The summed E-state index contributed by atoms with van der Waals surface area (Å²) in [6, 6.07) is 28.5. The maximum atomic E-state index is 13.2. The summed E-state index contributed by atoms with van der Waals surface area (Å²) in [5.74, 6) is 0.000384. The largest absolute Gasteiger partial charge is 0.493 e. The standard InChI is InChI=1S/C29H22N2O4S/c1-34-26-17-19(14-15-25(26)35-18-21-10-7-9-20-8-5-6-13-23(20)21)16-24-27(32)30-29(36)31(28(24)33)22-11-3-2-4-12-22/h2-17H,18H2,1H3,(H,30,32,36)/b24-16-. The highest BCUT2D eigenvalue weighted by Gasteiger charge is 2.34. The van der Waals surface area contributed by atoms with E-state index >= 15 is 0 Å². The van der Waals surface area contributed by atoms with Crippen molar-refractivity contribution in [2.45, 2.75) is 6.61 Å². The Morgan fingerprint density at radius 1 is 0.889 bits per heavy atom. The zero-order valence-electron chi connectivity index (χ0n) is 19.4. The number of rotatable bonds is 6. The molecule has 0 atom stereocenters. The van der Waals surface area contributed by atoms with Gasteiger partial charge in [0.05, 0.1) is 12.8 Å². The number of para-hydroxylation sites is 1. The van der Waals surface area contributed by atoms with E-state index in [9.17, 15) is 9.59 Å². The highest BCUT2D eigenvalue weighted by molar-refractivity contribution is 7.80. The molecule has 0 bridgehead atoms. The van der Waals surface area contributed by atoms with Gasteiger partial charge in [0, 0.05) is 0 Å². The van der Waals surface area contributed by atoms with Crippen molar-refractivity contribution in [2.24, 2.45) is 0 Å². The molecule has 6 nitrogen and oxygen atoms in total. The molecule has 0 spiro atoms. The molecule has 4 aromatic carbocycles. The SMILES string of the molecule is COc1cc(/C=C2/C(=O)NC(=S)N(c3ccccc3)C2=O)ccc1OCc1cccc2ccccc12. The quantitative estimate of drug-likeness (QED) is 0.225. The summed E-state index contributed by atoms with van der Waals surface area (Å²) in [6.45, 7) is 0.364. The number of nitrogens with one attached hydrogen (secondary N) is 1. The fourth-order valence-electron chi connectivity index (χ4n) is 4.10. The van der Waals surface area contributed by atoms with E-state index in [-0.39, 0.29) is 10.7 Å². The fraction of sp³-hybridized carbons (Fsp3) is 0.0690. The molecule has 178 valence electrons. The molecular formula is C29H22N2O4S. The molecule has 0 saturated carbocycles. The fourth-order valence-corrected chi connectivity index (χ4v) is 4.38. The van der Waals surface area contributed by atoms with Crippen molar-refractivity contribution >= 4 is 51.7 Å². The first-order valence-electron chi connectivity index (χ1n) is 11.3. The summed E-state index contributed by atoms with van der Waals surface area (Å²) in [5, 5.41) is 4.91. The van der Waals surface area contributed by atoms with Crippen LogP contribution in [0.3, 0.4) is 0 Å². The van der Waals surface area contributed by atoms with Crippen LogP contribution >= 0.6 is 12.2 Å². The van der Waals surface area contributed by atoms with Crippen LogP contribution < -0.4 is 19.7 Å². The van der Waals surface area contributed by atoms with Gasteiger partial charge in [0.15, 0.2) is 16.6 Å². The molecule has 1 aliphatic heterocycles. The van der Waals surface area contributed by atoms with Crippen LogP contribution in [0.4, 0.5) is 5.69 Å². The number of thiocarbonyl (C=S) groups is 1. The van der Waals surface area contributed by atoms with E-state index < -0.39 is 11.8 Å². The third-order valence-corrected chi connectivity index (χ3v) is 6.16. The molecule has 1 fully saturated rings. The summed E-state index contributed by atoms with van der Waals surface area (Å²) >= 11 is 5.25. The Kier molecular flexibility index (Phi) is 6.47. The van der Waals surface area contributed by atoms with E-state index in [2.05, 4.69) is 23.5 Å². The van der Waals surface area contributed by atoms with Gasteiger partial charge in [-0.05, 0) is 64.5 Å². The van der Waals surface area contributed by atoms with E-state index in [1.165, 1.54) is 11.0 Å². The first-order valence-corrected chi connectivity index (χ1v) is 11.7. The molecule has 7 heteroatoms. The zero-order valence-corrected chi connectivity index (χ0v) is 20.2. The van der Waals surface area contributed by atoms with Gasteiger partial charge in [-0.2, -0.15) is 0 Å². The monoisotopic (exact) mass is 494 g/mol. The molecule has 1 saturated heterocycles. The number of hydrogen-bond acceptors (Lipinski definition) is 5. The first-order chi connectivity index (χ1) is 17.5. The van der Waals surface area contributed by atoms with Gasteiger partial charge in [0.1, 0.15) is 12.2 Å². The van der Waals surface area contributed by atoms with Gasteiger partial charge in [-0.25, -0.2) is 0 Å². The summed E-state index contributed by atoms with van der Waals surface area (Å²) in [4.78, 5) is 27.1. The van der Waals surface area contributed by atoms with E-state index in [4.69, 9.17) is 21.7 Å². The van der Waals surface area contributed by atoms with E-state index in [0.29, 0.717) is 29.4 Å². The van der Waals surface area contributed by atoms with Crippen LogP contribution in [0.5, 0.6) is 11.5 Å². The van der Waals surface area contributed by atoms with E-state index in [1.54, 1.807) is 49.6 Å². The molecular weight excluding hydrogens is 472 g/mol. The Labute approximate surface area is 213 Å². The van der Waals surface area contributed by atoms with Crippen LogP contribution in [0.1, 0.15) is 11.1 Å². The van der Waals surface area contributed by atoms with Crippen LogP contribution in [-0.2, 0) is 16.2 Å². The van der Waals surface area contributed by atoms with Crippen molar-refractivity contribution in [3.8, 4) is 11.5 Å². The number of benzene rings is 4. The highest BCUT2D eigenvalue weighted by Crippen LogP contribution is 2.31. The number of fused-ring (bicyclic) bond motifs is 1. The molecule has 0 aliphatic carbocycles. The molecule has 36 heavy (non-hydrogen) atoms. The molecule has 2 amide bonds. The lowest BCUT2D eigenvalue weighted by Gasteiger charge is -2.28. The molecule has 1 aliphatic rings.